The van der Waals surface area contributed by atoms with Crippen molar-refractivity contribution in [3.63, 3.8) is 0 Å². The second-order valence-corrected chi connectivity index (χ2v) is 6.42. The van der Waals surface area contributed by atoms with E-state index < -0.39 is 0 Å². The molecule has 0 amide bonds. The van der Waals surface area contributed by atoms with Crippen molar-refractivity contribution in [3.8, 4) is 0 Å². The highest BCUT2D eigenvalue weighted by Crippen LogP contribution is 2.37. The van der Waals surface area contributed by atoms with Gasteiger partial charge in [-0.1, -0.05) is 34.1 Å². The van der Waals surface area contributed by atoms with Crippen molar-refractivity contribution >= 4 is 38.5 Å². The van der Waals surface area contributed by atoms with E-state index in [4.69, 9.17) is 0 Å². The maximum absolute atomic E-state index is 13.3. The van der Waals surface area contributed by atoms with Crippen molar-refractivity contribution in [2.75, 3.05) is 0 Å². The largest absolute Gasteiger partial charge is 0.207 e. The summed E-state index contributed by atoms with van der Waals surface area (Å²) < 4.78 is 14.5. The van der Waals surface area contributed by atoms with Crippen molar-refractivity contribution in [1.29, 1.82) is 0 Å². The van der Waals surface area contributed by atoms with E-state index in [1.54, 1.807) is 12.1 Å². The average molecular weight is 419 g/mol. The van der Waals surface area contributed by atoms with Gasteiger partial charge < -0.3 is 0 Å². The van der Waals surface area contributed by atoms with Crippen molar-refractivity contribution in [3.05, 3.63) is 68.0 Å². The summed E-state index contributed by atoms with van der Waals surface area (Å²) in [5, 5.41) is 0. The minimum Gasteiger partial charge on any atom is -0.207 e. The Morgan fingerprint density at radius 1 is 1.11 bits per heavy atom. The zero-order chi connectivity index (χ0) is 13.3. The third-order valence-electron chi connectivity index (χ3n) is 2.99. The molecule has 3 heteroatoms. The van der Waals surface area contributed by atoms with Gasteiger partial charge in [-0.05, 0) is 76.9 Å². The van der Waals surface area contributed by atoms with Crippen LogP contribution in [0.3, 0.4) is 0 Å². The summed E-state index contributed by atoms with van der Waals surface area (Å²) in [6, 6.07) is 11.4. The van der Waals surface area contributed by atoms with Crippen molar-refractivity contribution < 1.29 is 4.39 Å². The maximum atomic E-state index is 13.3. The molecule has 0 bridgehead atoms. The predicted octanol–water partition coefficient (Wildman–Crippen LogP) is 5.53. The summed E-state index contributed by atoms with van der Waals surface area (Å²) in [4.78, 5) is 0.103. The Morgan fingerprint density at radius 3 is 2.22 bits per heavy atom. The van der Waals surface area contributed by atoms with Crippen LogP contribution in [0.5, 0.6) is 0 Å². The third-order valence-corrected chi connectivity index (χ3v) is 4.92. The number of rotatable bonds is 2. The fraction of sp³-hybridized carbons (Fsp3) is 0.200. The lowest BCUT2D eigenvalue weighted by Gasteiger charge is -2.18. The molecule has 18 heavy (non-hydrogen) atoms. The molecule has 0 N–H and O–H groups in total. The molecule has 0 aliphatic heterocycles. The molecule has 0 aromatic heterocycles. The Labute approximate surface area is 129 Å². The maximum Gasteiger partial charge on any atom is 0.123 e. The Hall–Kier alpha value is -0.420. The lowest BCUT2D eigenvalue weighted by molar-refractivity contribution is 0.624. The molecule has 0 radical (unpaired) electrons. The van der Waals surface area contributed by atoms with Crippen LogP contribution in [-0.4, -0.2) is 0 Å². The molecule has 0 nitrogen and oxygen atoms in total. The topological polar surface area (TPSA) is 0 Å². The van der Waals surface area contributed by atoms with Crippen LogP contribution in [-0.2, 0) is 0 Å². The van der Waals surface area contributed by atoms with E-state index in [1.807, 2.05) is 26.0 Å². The van der Waals surface area contributed by atoms with Gasteiger partial charge in [0.05, 0.1) is 4.83 Å². The van der Waals surface area contributed by atoms with E-state index >= 15 is 0 Å². The van der Waals surface area contributed by atoms with Gasteiger partial charge in [0.2, 0.25) is 0 Å². The molecule has 0 saturated carbocycles. The van der Waals surface area contributed by atoms with Gasteiger partial charge in [0.1, 0.15) is 5.82 Å². The fourth-order valence-corrected chi connectivity index (χ4v) is 4.41. The van der Waals surface area contributed by atoms with Crippen molar-refractivity contribution in [1.82, 2.24) is 0 Å². The lowest BCUT2D eigenvalue weighted by Crippen LogP contribution is -2.01. The first kappa shape index (κ1) is 14.0. The van der Waals surface area contributed by atoms with E-state index in [0.29, 0.717) is 0 Å². The average Bonchev–Trinajstić information content (AvgIpc) is 2.27. The van der Waals surface area contributed by atoms with E-state index in [2.05, 4.69) is 50.7 Å². The van der Waals surface area contributed by atoms with E-state index in [1.165, 1.54) is 9.13 Å². The van der Waals surface area contributed by atoms with Crippen molar-refractivity contribution in [2.24, 2.45) is 0 Å². The van der Waals surface area contributed by atoms with Crippen LogP contribution >= 0.6 is 38.5 Å². The molecule has 0 aliphatic carbocycles. The number of hydrogen-bond acceptors (Lipinski definition) is 0. The van der Waals surface area contributed by atoms with Crippen LogP contribution in [0.4, 0.5) is 4.39 Å². The van der Waals surface area contributed by atoms with Crippen LogP contribution in [0.1, 0.15) is 27.1 Å². The first-order valence-corrected chi connectivity index (χ1v) is 7.65. The third kappa shape index (κ3) is 2.77. The molecule has 2 rings (SSSR count). The fourth-order valence-electron chi connectivity index (χ4n) is 2.16. The summed E-state index contributed by atoms with van der Waals surface area (Å²) in [5.74, 6) is -0.170. The number of halogens is 3. The standard InChI is InChI=1S/C15H13BrFI/c1-9-7-11(17)8-10(2)14(9)15(16)12-5-3-4-6-13(12)18/h3-8,15H,1-2H3. The molecule has 0 aliphatic rings. The van der Waals surface area contributed by atoms with Gasteiger partial charge in [0, 0.05) is 3.57 Å². The Kier molecular flexibility index (Phi) is 4.43. The van der Waals surface area contributed by atoms with Crippen LogP contribution in [0.25, 0.3) is 0 Å². The molecule has 0 fully saturated rings. The monoisotopic (exact) mass is 418 g/mol. The smallest absolute Gasteiger partial charge is 0.123 e. The predicted molar refractivity (Wildman–Crippen MR) is 85.8 cm³/mol. The van der Waals surface area contributed by atoms with Gasteiger partial charge in [0.25, 0.3) is 0 Å². The van der Waals surface area contributed by atoms with Gasteiger partial charge in [0.15, 0.2) is 0 Å². The Balaban J connectivity index is 2.53. The highest BCUT2D eigenvalue weighted by Gasteiger charge is 2.17. The molecule has 1 atom stereocenters. The van der Waals surface area contributed by atoms with Crippen LogP contribution in [0, 0.1) is 23.2 Å². The highest BCUT2D eigenvalue weighted by molar-refractivity contribution is 14.1. The van der Waals surface area contributed by atoms with Crippen molar-refractivity contribution in [2.45, 2.75) is 18.7 Å². The first-order valence-electron chi connectivity index (χ1n) is 5.66. The normalized spacial score (nSPS) is 12.5. The van der Waals surface area contributed by atoms with Gasteiger partial charge in [-0.25, -0.2) is 4.39 Å². The molecule has 0 spiro atoms. The summed E-state index contributed by atoms with van der Waals surface area (Å²) in [7, 11) is 0. The molecular weight excluding hydrogens is 406 g/mol. The lowest BCUT2D eigenvalue weighted by atomic mass is 9.96. The number of alkyl halides is 1. The van der Waals surface area contributed by atoms with Crippen LogP contribution in [0.2, 0.25) is 0 Å². The zero-order valence-electron chi connectivity index (χ0n) is 10.2. The van der Waals surface area contributed by atoms with Gasteiger partial charge in [-0.3, -0.25) is 0 Å². The van der Waals surface area contributed by atoms with Gasteiger partial charge in [-0.2, -0.15) is 0 Å². The molecule has 2 aromatic carbocycles. The van der Waals surface area contributed by atoms with Gasteiger partial charge >= 0.3 is 0 Å². The van der Waals surface area contributed by atoms with E-state index in [0.717, 1.165) is 16.7 Å². The minimum atomic E-state index is -0.170. The Bertz CT molecular complexity index is 557. The molecule has 0 saturated heterocycles. The minimum absolute atomic E-state index is 0.103. The molecule has 0 heterocycles. The zero-order valence-corrected chi connectivity index (χ0v) is 13.9. The van der Waals surface area contributed by atoms with E-state index in [9.17, 15) is 4.39 Å². The molecule has 1 unspecified atom stereocenters. The summed E-state index contributed by atoms with van der Waals surface area (Å²) in [5.41, 5.74) is 4.33. The SMILES string of the molecule is Cc1cc(F)cc(C)c1C(Br)c1ccccc1I. The summed E-state index contributed by atoms with van der Waals surface area (Å²) in [6.07, 6.45) is 0. The summed E-state index contributed by atoms with van der Waals surface area (Å²) >= 11 is 6.07. The van der Waals surface area contributed by atoms with E-state index in [-0.39, 0.29) is 10.6 Å². The van der Waals surface area contributed by atoms with Crippen LogP contribution < -0.4 is 0 Å². The number of hydrogen-bond donors (Lipinski definition) is 0. The molecule has 2 aromatic rings. The molecule has 94 valence electrons. The summed E-state index contributed by atoms with van der Waals surface area (Å²) in [6.45, 7) is 3.91. The highest BCUT2D eigenvalue weighted by atomic mass is 127. The first-order chi connectivity index (χ1) is 8.50. The second kappa shape index (κ2) is 5.70. The van der Waals surface area contributed by atoms with Crippen LogP contribution in [0.15, 0.2) is 36.4 Å². The Morgan fingerprint density at radius 2 is 1.67 bits per heavy atom. The van der Waals surface area contributed by atoms with Gasteiger partial charge in [-0.15, -0.1) is 0 Å². The number of aryl methyl sites for hydroxylation is 2. The quantitative estimate of drug-likeness (QED) is 0.444. The number of benzene rings is 2. The molecular formula is C15H13BrFI. The second-order valence-electron chi connectivity index (χ2n) is 4.34.